The summed E-state index contributed by atoms with van der Waals surface area (Å²) >= 11 is 0. The summed E-state index contributed by atoms with van der Waals surface area (Å²) in [6.07, 6.45) is 3.16. The molecule has 2 aliphatic rings. The lowest BCUT2D eigenvalue weighted by molar-refractivity contribution is -0.123. The van der Waals surface area contributed by atoms with Crippen LogP contribution in [-0.2, 0) is 14.8 Å². The monoisotopic (exact) mass is 396 g/mol. The first-order valence-electron chi connectivity index (χ1n) is 9.60. The summed E-state index contributed by atoms with van der Waals surface area (Å²) < 4.78 is 36.9. The van der Waals surface area contributed by atoms with E-state index >= 15 is 0 Å². The van der Waals surface area contributed by atoms with Crippen LogP contribution >= 0.6 is 0 Å². The quantitative estimate of drug-likeness (QED) is 0.688. The van der Waals surface area contributed by atoms with Crippen molar-refractivity contribution in [3.05, 3.63) is 24.3 Å². The number of nitrogens with zero attached hydrogens (tertiary/aromatic N) is 1. The van der Waals surface area contributed by atoms with Gasteiger partial charge in [0.05, 0.1) is 11.9 Å². The highest BCUT2D eigenvalue weighted by Crippen LogP contribution is 2.33. The molecule has 1 aliphatic heterocycles. The number of hydrogen-bond donors (Lipinski definition) is 1. The molecule has 1 N–H and O–H groups in total. The standard InChI is InChI=1S/C19H28N2O5S/c1-2-25-16-3-5-17(6-4-16)26-14-19(22)20-13-15-9-11-21(12-10-15)27(23,24)18-7-8-18/h3-6,15,18H,2,7-14H2,1H3,(H,20,22). The maximum absolute atomic E-state index is 12.2. The van der Waals surface area contributed by atoms with E-state index in [1.165, 1.54) is 0 Å². The van der Waals surface area contributed by atoms with E-state index < -0.39 is 10.0 Å². The number of hydrogen-bond acceptors (Lipinski definition) is 5. The van der Waals surface area contributed by atoms with Crippen molar-refractivity contribution < 1.29 is 22.7 Å². The zero-order valence-electron chi connectivity index (χ0n) is 15.7. The fourth-order valence-corrected chi connectivity index (χ4v) is 5.07. The van der Waals surface area contributed by atoms with E-state index in [1.807, 2.05) is 6.92 Å². The molecule has 1 aromatic rings. The van der Waals surface area contributed by atoms with E-state index in [2.05, 4.69) is 5.32 Å². The molecule has 1 saturated heterocycles. The summed E-state index contributed by atoms with van der Waals surface area (Å²) in [6.45, 7) is 4.16. The minimum Gasteiger partial charge on any atom is -0.494 e. The molecule has 0 unspecified atom stereocenters. The number of nitrogens with one attached hydrogen (secondary N) is 1. The first-order valence-corrected chi connectivity index (χ1v) is 11.1. The van der Waals surface area contributed by atoms with Crippen LogP contribution in [0.5, 0.6) is 11.5 Å². The lowest BCUT2D eigenvalue weighted by Gasteiger charge is -2.31. The Hall–Kier alpha value is -1.80. The van der Waals surface area contributed by atoms with Crippen LogP contribution in [-0.4, -0.2) is 56.7 Å². The number of carbonyl (C=O) groups excluding carboxylic acids is 1. The maximum Gasteiger partial charge on any atom is 0.257 e. The van der Waals surface area contributed by atoms with Gasteiger partial charge in [0.25, 0.3) is 5.91 Å². The van der Waals surface area contributed by atoms with Crippen LogP contribution in [0.15, 0.2) is 24.3 Å². The Kier molecular flexibility index (Phi) is 6.59. The van der Waals surface area contributed by atoms with Crippen molar-refractivity contribution in [1.82, 2.24) is 9.62 Å². The minimum absolute atomic E-state index is 0.0388. The zero-order valence-corrected chi connectivity index (χ0v) is 16.5. The molecule has 150 valence electrons. The highest BCUT2D eigenvalue weighted by Gasteiger charge is 2.41. The van der Waals surface area contributed by atoms with Crippen LogP contribution < -0.4 is 14.8 Å². The number of sulfonamides is 1. The van der Waals surface area contributed by atoms with Gasteiger partial charge in [0, 0.05) is 19.6 Å². The van der Waals surface area contributed by atoms with Crippen LogP contribution in [0.25, 0.3) is 0 Å². The van der Waals surface area contributed by atoms with Crippen molar-refractivity contribution >= 4 is 15.9 Å². The lowest BCUT2D eigenvalue weighted by atomic mass is 9.98. The highest BCUT2D eigenvalue weighted by molar-refractivity contribution is 7.90. The fraction of sp³-hybridized carbons (Fsp3) is 0.632. The fourth-order valence-electron chi connectivity index (χ4n) is 3.20. The SMILES string of the molecule is CCOc1ccc(OCC(=O)NCC2CCN(S(=O)(=O)C3CC3)CC2)cc1. The van der Waals surface area contributed by atoms with Gasteiger partial charge in [-0.1, -0.05) is 0 Å². The molecule has 0 bridgehead atoms. The molecule has 0 radical (unpaired) electrons. The predicted molar refractivity (Wildman–Crippen MR) is 102 cm³/mol. The zero-order chi connectivity index (χ0) is 19.3. The van der Waals surface area contributed by atoms with Gasteiger partial charge < -0.3 is 14.8 Å². The summed E-state index contributed by atoms with van der Waals surface area (Å²) in [5, 5.41) is 2.74. The average Bonchev–Trinajstić information content (AvgIpc) is 3.52. The van der Waals surface area contributed by atoms with E-state index in [9.17, 15) is 13.2 Å². The van der Waals surface area contributed by atoms with E-state index in [4.69, 9.17) is 9.47 Å². The Labute approximate surface area is 161 Å². The Balaban J connectivity index is 1.34. The number of piperidine rings is 1. The molecule has 1 aromatic carbocycles. The first-order chi connectivity index (χ1) is 13.0. The molecule has 0 atom stereocenters. The van der Waals surface area contributed by atoms with Gasteiger partial charge in [-0.3, -0.25) is 4.79 Å². The normalized spacial score (nSPS) is 18.9. The Morgan fingerprint density at radius 2 is 1.67 bits per heavy atom. The van der Waals surface area contributed by atoms with Gasteiger partial charge in [0.15, 0.2) is 6.61 Å². The van der Waals surface area contributed by atoms with Gasteiger partial charge in [-0.2, -0.15) is 0 Å². The second kappa shape index (κ2) is 8.93. The van der Waals surface area contributed by atoms with Crippen molar-refractivity contribution in [2.45, 2.75) is 37.9 Å². The summed E-state index contributed by atoms with van der Waals surface area (Å²) in [6, 6.07) is 7.16. The average molecular weight is 397 g/mol. The smallest absolute Gasteiger partial charge is 0.257 e. The van der Waals surface area contributed by atoms with Crippen LogP contribution in [0, 0.1) is 5.92 Å². The van der Waals surface area contributed by atoms with E-state index in [0.29, 0.717) is 37.9 Å². The van der Waals surface area contributed by atoms with E-state index in [0.717, 1.165) is 31.4 Å². The molecule has 1 amide bonds. The molecule has 0 spiro atoms. The highest BCUT2D eigenvalue weighted by atomic mass is 32.2. The molecular formula is C19H28N2O5S. The Morgan fingerprint density at radius 1 is 1.07 bits per heavy atom. The number of carbonyl (C=O) groups is 1. The third kappa shape index (κ3) is 5.59. The molecule has 1 saturated carbocycles. The van der Waals surface area contributed by atoms with Gasteiger partial charge in [-0.25, -0.2) is 12.7 Å². The van der Waals surface area contributed by atoms with Gasteiger partial charge in [0.2, 0.25) is 10.0 Å². The third-order valence-corrected chi connectivity index (χ3v) is 7.37. The molecule has 0 aromatic heterocycles. The van der Waals surface area contributed by atoms with Crippen molar-refractivity contribution in [1.29, 1.82) is 0 Å². The summed E-state index contributed by atoms with van der Waals surface area (Å²) in [4.78, 5) is 12.0. The van der Waals surface area contributed by atoms with Crippen molar-refractivity contribution in [3.8, 4) is 11.5 Å². The number of rotatable bonds is 9. The number of ether oxygens (including phenoxy) is 2. The van der Waals surface area contributed by atoms with Crippen LogP contribution in [0.2, 0.25) is 0 Å². The van der Waals surface area contributed by atoms with Crippen LogP contribution in [0.1, 0.15) is 32.6 Å². The molecule has 7 nitrogen and oxygen atoms in total. The summed E-state index contributed by atoms with van der Waals surface area (Å²) in [7, 11) is -3.07. The summed E-state index contributed by atoms with van der Waals surface area (Å²) in [5.41, 5.74) is 0. The molecule has 1 heterocycles. The van der Waals surface area contributed by atoms with Crippen molar-refractivity contribution in [2.24, 2.45) is 5.92 Å². The lowest BCUT2D eigenvalue weighted by Crippen LogP contribution is -2.43. The molecule has 3 rings (SSSR count). The van der Waals surface area contributed by atoms with Gasteiger partial charge in [-0.15, -0.1) is 0 Å². The van der Waals surface area contributed by atoms with Crippen molar-refractivity contribution in [3.63, 3.8) is 0 Å². The van der Waals surface area contributed by atoms with Gasteiger partial charge in [0.1, 0.15) is 11.5 Å². The van der Waals surface area contributed by atoms with Gasteiger partial charge in [-0.05, 0) is 62.8 Å². The predicted octanol–water partition coefficient (Wildman–Crippen LogP) is 1.78. The topological polar surface area (TPSA) is 84.9 Å². The Morgan fingerprint density at radius 3 is 2.22 bits per heavy atom. The van der Waals surface area contributed by atoms with Crippen LogP contribution in [0.3, 0.4) is 0 Å². The first kappa shape index (κ1) is 19.9. The molecule has 2 fully saturated rings. The largest absolute Gasteiger partial charge is 0.494 e. The van der Waals surface area contributed by atoms with E-state index in [-0.39, 0.29) is 17.8 Å². The minimum atomic E-state index is -3.07. The third-order valence-electron chi connectivity index (χ3n) is 4.97. The number of benzene rings is 1. The second-order valence-electron chi connectivity index (χ2n) is 7.08. The molecule has 1 aliphatic carbocycles. The van der Waals surface area contributed by atoms with Crippen LogP contribution in [0.4, 0.5) is 0 Å². The van der Waals surface area contributed by atoms with E-state index in [1.54, 1.807) is 28.6 Å². The summed E-state index contributed by atoms with van der Waals surface area (Å²) in [5.74, 6) is 1.53. The van der Waals surface area contributed by atoms with Gasteiger partial charge >= 0.3 is 0 Å². The molecular weight excluding hydrogens is 368 g/mol. The second-order valence-corrected chi connectivity index (χ2v) is 9.30. The molecule has 8 heteroatoms. The maximum atomic E-state index is 12.2. The van der Waals surface area contributed by atoms with Crippen molar-refractivity contribution in [2.75, 3.05) is 32.8 Å². The number of amides is 1. The Bertz CT molecular complexity index is 723. The molecule has 27 heavy (non-hydrogen) atoms.